The monoisotopic (exact) mass is 435 g/mol. The highest BCUT2D eigenvalue weighted by Gasteiger charge is 2.19. The maximum absolute atomic E-state index is 13.4. The van der Waals surface area contributed by atoms with Gasteiger partial charge in [-0.3, -0.25) is 9.59 Å². The van der Waals surface area contributed by atoms with Crippen LogP contribution in [0.4, 0.5) is 8.78 Å². The van der Waals surface area contributed by atoms with Crippen LogP contribution >= 0.6 is 0 Å². The molecule has 2 aromatic heterocycles. The van der Waals surface area contributed by atoms with E-state index >= 15 is 0 Å². The summed E-state index contributed by atoms with van der Waals surface area (Å²) < 4.78 is 27.8. The first kappa shape index (κ1) is 21.1. The number of aromatic nitrogens is 3. The van der Waals surface area contributed by atoms with Gasteiger partial charge in [-0.1, -0.05) is 36.4 Å². The summed E-state index contributed by atoms with van der Waals surface area (Å²) >= 11 is 0. The summed E-state index contributed by atoms with van der Waals surface area (Å²) in [4.78, 5) is 29.8. The molecule has 2 N–H and O–H groups in total. The van der Waals surface area contributed by atoms with Gasteiger partial charge in [-0.15, -0.1) is 0 Å². The summed E-state index contributed by atoms with van der Waals surface area (Å²) in [6.07, 6.45) is 1.47. The van der Waals surface area contributed by atoms with Crippen LogP contribution in [-0.2, 0) is 6.54 Å². The Morgan fingerprint density at radius 3 is 2.53 bits per heavy atom. The van der Waals surface area contributed by atoms with Gasteiger partial charge in [0.25, 0.3) is 11.8 Å². The summed E-state index contributed by atoms with van der Waals surface area (Å²) in [5.41, 5.74) is 1.77. The molecule has 4 aromatic rings. The molecule has 0 saturated carbocycles. The topological polar surface area (TPSA) is 88.4 Å². The highest BCUT2D eigenvalue weighted by atomic mass is 19.2. The van der Waals surface area contributed by atoms with E-state index < -0.39 is 23.4 Å². The molecule has 0 spiro atoms. The van der Waals surface area contributed by atoms with Crippen LogP contribution in [0, 0.1) is 11.6 Å². The van der Waals surface area contributed by atoms with Crippen molar-refractivity contribution >= 4 is 17.5 Å². The summed E-state index contributed by atoms with van der Waals surface area (Å²) in [6, 6.07) is 15.5. The van der Waals surface area contributed by atoms with E-state index in [0.717, 1.165) is 17.7 Å². The van der Waals surface area contributed by atoms with E-state index in [2.05, 4.69) is 20.7 Å². The van der Waals surface area contributed by atoms with Crippen molar-refractivity contribution in [3.63, 3.8) is 0 Å². The molecule has 0 aliphatic rings. The molecule has 4 rings (SSSR count). The molecule has 1 atom stereocenters. The molecule has 2 amide bonds. The molecule has 2 aromatic carbocycles. The fourth-order valence-electron chi connectivity index (χ4n) is 3.21. The standard InChI is InChI=1S/C23H19F2N5O2/c1-14(16-5-3-2-4-6-16)28-23(32)20-12-19(29-21-9-10-27-30(20)21)22(31)26-13-15-7-8-17(24)18(25)11-15/h2-12,14H,13H2,1H3,(H,26,31)(H,28,32)/t14-/m1/s1. The molecule has 0 fully saturated rings. The zero-order chi connectivity index (χ0) is 22.7. The van der Waals surface area contributed by atoms with Crippen molar-refractivity contribution in [2.24, 2.45) is 0 Å². The van der Waals surface area contributed by atoms with Crippen LogP contribution in [0.5, 0.6) is 0 Å². The Hall–Kier alpha value is -4.14. The SMILES string of the molecule is C[C@@H](NC(=O)c1cc(C(=O)NCc2ccc(F)c(F)c2)nc2ccnn12)c1ccccc1. The normalized spacial score (nSPS) is 11.8. The van der Waals surface area contributed by atoms with Crippen molar-refractivity contribution in [2.45, 2.75) is 19.5 Å². The molecule has 0 bridgehead atoms. The minimum Gasteiger partial charge on any atom is -0.347 e. The lowest BCUT2D eigenvalue weighted by atomic mass is 10.1. The van der Waals surface area contributed by atoms with Crippen LogP contribution in [0.2, 0.25) is 0 Å². The molecule has 0 radical (unpaired) electrons. The predicted molar refractivity (Wildman–Crippen MR) is 113 cm³/mol. The molecule has 0 unspecified atom stereocenters. The summed E-state index contributed by atoms with van der Waals surface area (Å²) in [6.45, 7) is 1.82. The highest BCUT2D eigenvalue weighted by Crippen LogP contribution is 2.14. The molecule has 0 saturated heterocycles. The van der Waals surface area contributed by atoms with Gasteiger partial charge in [0, 0.05) is 18.7 Å². The first-order valence-corrected chi connectivity index (χ1v) is 9.85. The molecule has 2 heterocycles. The third-order valence-electron chi connectivity index (χ3n) is 4.91. The number of rotatable bonds is 6. The van der Waals surface area contributed by atoms with Crippen molar-refractivity contribution < 1.29 is 18.4 Å². The van der Waals surface area contributed by atoms with Gasteiger partial charge in [0.1, 0.15) is 11.4 Å². The van der Waals surface area contributed by atoms with Crippen LogP contribution in [0.1, 0.15) is 45.1 Å². The van der Waals surface area contributed by atoms with Gasteiger partial charge in [0.05, 0.1) is 12.2 Å². The number of benzene rings is 2. The van der Waals surface area contributed by atoms with E-state index in [1.54, 1.807) is 6.07 Å². The van der Waals surface area contributed by atoms with Gasteiger partial charge in [-0.25, -0.2) is 18.3 Å². The smallest absolute Gasteiger partial charge is 0.270 e. The number of halogens is 2. The largest absolute Gasteiger partial charge is 0.347 e. The minimum absolute atomic E-state index is 0.00176. The fourth-order valence-corrected chi connectivity index (χ4v) is 3.21. The summed E-state index contributed by atoms with van der Waals surface area (Å²) in [7, 11) is 0. The molecule has 162 valence electrons. The number of amides is 2. The zero-order valence-electron chi connectivity index (χ0n) is 17.0. The number of nitrogens with one attached hydrogen (secondary N) is 2. The number of carbonyl (C=O) groups excluding carboxylic acids is 2. The van der Waals surface area contributed by atoms with Crippen LogP contribution in [0.25, 0.3) is 5.65 Å². The number of carbonyl (C=O) groups is 2. The van der Waals surface area contributed by atoms with E-state index in [-0.39, 0.29) is 24.0 Å². The first-order valence-electron chi connectivity index (χ1n) is 9.85. The second kappa shape index (κ2) is 8.93. The molecule has 9 heteroatoms. The second-order valence-electron chi connectivity index (χ2n) is 7.16. The lowest BCUT2D eigenvalue weighted by molar-refractivity contribution is 0.0932. The van der Waals surface area contributed by atoms with Gasteiger partial charge < -0.3 is 10.6 Å². The second-order valence-corrected chi connectivity index (χ2v) is 7.16. The van der Waals surface area contributed by atoms with Crippen molar-refractivity contribution in [1.29, 1.82) is 0 Å². The third-order valence-corrected chi connectivity index (χ3v) is 4.91. The van der Waals surface area contributed by atoms with Crippen LogP contribution in [-0.4, -0.2) is 26.4 Å². The highest BCUT2D eigenvalue weighted by molar-refractivity contribution is 5.98. The van der Waals surface area contributed by atoms with E-state index in [0.29, 0.717) is 11.2 Å². The van der Waals surface area contributed by atoms with Crippen molar-refractivity contribution in [3.05, 3.63) is 101 Å². The zero-order valence-corrected chi connectivity index (χ0v) is 17.0. The molecule has 32 heavy (non-hydrogen) atoms. The first-order chi connectivity index (χ1) is 15.4. The van der Waals surface area contributed by atoms with Crippen LogP contribution < -0.4 is 10.6 Å². The molecular weight excluding hydrogens is 416 g/mol. The maximum atomic E-state index is 13.4. The van der Waals surface area contributed by atoms with E-state index in [4.69, 9.17) is 0 Å². The van der Waals surface area contributed by atoms with E-state index in [1.807, 2.05) is 37.3 Å². The Balaban J connectivity index is 1.55. The number of nitrogens with zero attached hydrogens (tertiary/aromatic N) is 3. The molecule has 0 aliphatic heterocycles. The number of fused-ring (bicyclic) bond motifs is 1. The fraction of sp³-hybridized carbons (Fsp3) is 0.130. The minimum atomic E-state index is -0.998. The van der Waals surface area contributed by atoms with Gasteiger partial charge >= 0.3 is 0 Å². The Morgan fingerprint density at radius 2 is 1.78 bits per heavy atom. The molecule has 0 aliphatic carbocycles. The lowest BCUT2D eigenvalue weighted by Gasteiger charge is -2.15. The summed E-state index contributed by atoms with van der Waals surface area (Å²) in [5, 5.41) is 9.61. The van der Waals surface area contributed by atoms with E-state index in [9.17, 15) is 18.4 Å². The van der Waals surface area contributed by atoms with Crippen molar-refractivity contribution in [3.8, 4) is 0 Å². The maximum Gasteiger partial charge on any atom is 0.270 e. The lowest BCUT2D eigenvalue weighted by Crippen LogP contribution is -2.30. The quantitative estimate of drug-likeness (QED) is 0.486. The summed E-state index contributed by atoms with van der Waals surface area (Å²) in [5.74, 6) is -2.95. The van der Waals surface area contributed by atoms with E-state index in [1.165, 1.54) is 22.8 Å². The average molecular weight is 435 g/mol. The van der Waals surface area contributed by atoms with Crippen LogP contribution in [0.3, 0.4) is 0 Å². The van der Waals surface area contributed by atoms with Gasteiger partial charge in [0.15, 0.2) is 17.3 Å². The van der Waals surface area contributed by atoms with Gasteiger partial charge in [-0.2, -0.15) is 5.10 Å². The van der Waals surface area contributed by atoms with Crippen molar-refractivity contribution in [2.75, 3.05) is 0 Å². The number of hydrogen-bond donors (Lipinski definition) is 2. The Morgan fingerprint density at radius 1 is 1.00 bits per heavy atom. The van der Waals surface area contributed by atoms with Gasteiger partial charge in [0.2, 0.25) is 0 Å². The molecule has 7 nitrogen and oxygen atoms in total. The predicted octanol–water partition coefficient (Wildman–Crippen LogP) is 3.43. The Kier molecular flexibility index (Phi) is 5.89. The average Bonchev–Trinajstić information content (AvgIpc) is 3.28. The Labute approximate surface area is 182 Å². The van der Waals surface area contributed by atoms with Crippen LogP contribution in [0.15, 0.2) is 66.9 Å². The third kappa shape index (κ3) is 4.46. The van der Waals surface area contributed by atoms with Crippen molar-refractivity contribution in [1.82, 2.24) is 25.2 Å². The Bertz CT molecular complexity index is 1290. The van der Waals surface area contributed by atoms with Gasteiger partial charge in [-0.05, 0) is 30.2 Å². The number of hydrogen-bond acceptors (Lipinski definition) is 4. The molecular formula is C23H19F2N5O2.